The first-order valence-corrected chi connectivity index (χ1v) is 10.1. The van der Waals surface area contributed by atoms with Gasteiger partial charge in [0.2, 0.25) is 5.91 Å². The van der Waals surface area contributed by atoms with Gasteiger partial charge >= 0.3 is 0 Å². The quantitative estimate of drug-likeness (QED) is 0.775. The molecule has 0 aliphatic carbocycles. The Kier molecular flexibility index (Phi) is 5.76. The third-order valence-corrected chi connectivity index (χ3v) is 5.35. The molecular weight excluding hydrogens is 390 g/mol. The number of amides is 2. The fraction of sp³-hybridized carbons (Fsp3) is 0.333. The van der Waals surface area contributed by atoms with Crippen LogP contribution in [-0.2, 0) is 16.1 Å². The van der Waals surface area contributed by atoms with Crippen LogP contribution in [0.1, 0.15) is 18.4 Å². The van der Waals surface area contributed by atoms with Gasteiger partial charge in [-0.25, -0.2) is 9.99 Å². The summed E-state index contributed by atoms with van der Waals surface area (Å²) in [7, 11) is 0. The summed E-state index contributed by atoms with van der Waals surface area (Å²) in [6.07, 6.45) is 2.33. The van der Waals surface area contributed by atoms with E-state index in [4.69, 9.17) is 11.6 Å². The highest BCUT2D eigenvalue weighted by Gasteiger charge is 2.29. The van der Waals surface area contributed by atoms with Gasteiger partial charge in [-0.15, -0.1) is 0 Å². The molecular formula is C21H22ClN5O2. The highest BCUT2D eigenvalue weighted by Crippen LogP contribution is 2.18. The number of benzene rings is 1. The number of halogens is 1. The van der Waals surface area contributed by atoms with E-state index in [0.717, 1.165) is 11.4 Å². The van der Waals surface area contributed by atoms with Crippen molar-refractivity contribution in [1.29, 1.82) is 0 Å². The minimum atomic E-state index is -0.0840. The highest BCUT2D eigenvalue weighted by atomic mass is 35.5. The normalized spacial score (nSPS) is 17.3. The number of hydrazone groups is 1. The highest BCUT2D eigenvalue weighted by molar-refractivity contribution is 6.39. The molecule has 0 atom stereocenters. The average Bonchev–Trinajstić information content (AvgIpc) is 2.76. The molecule has 0 saturated carbocycles. The number of carbonyl (C=O) groups excluding carboxylic acids is 2. The predicted molar refractivity (Wildman–Crippen MR) is 112 cm³/mol. The summed E-state index contributed by atoms with van der Waals surface area (Å²) in [5, 5.41) is 6.41. The molecule has 2 aliphatic rings. The molecule has 0 spiro atoms. The third kappa shape index (κ3) is 4.56. The largest absolute Gasteiger partial charge is 0.353 e. The molecule has 8 heteroatoms. The van der Waals surface area contributed by atoms with Gasteiger partial charge in [-0.1, -0.05) is 41.9 Å². The molecule has 0 radical (unpaired) electrons. The van der Waals surface area contributed by atoms with Gasteiger partial charge in [0.25, 0.3) is 5.91 Å². The van der Waals surface area contributed by atoms with Gasteiger partial charge in [0.15, 0.2) is 0 Å². The number of hydrogen-bond donors (Lipinski definition) is 0. The zero-order valence-corrected chi connectivity index (χ0v) is 16.8. The maximum atomic E-state index is 13.0. The molecule has 7 nitrogen and oxygen atoms in total. The molecule has 0 N–H and O–H groups in total. The van der Waals surface area contributed by atoms with Crippen LogP contribution in [0.5, 0.6) is 0 Å². The summed E-state index contributed by atoms with van der Waals surface area (Å²) in [6, 6.07) is 13.4. The summed E-state index contributed by atoms with van der Waals surface area (Å²) in [5.74, 6) is 0.722. The minimum Gasteiger partial charge on any atom is -0.353 e. The van der Waals surface area contributed by atoms with Crippen LogP contribution in [0.4, 0.5) is 5.82 Å². The zero-order chi connectivity index (χ0) is 20.2. The van der Waals surface area contributed by atoms with Gasteiger partial charge in [-0.3, -0.25) is 9.59 Å². The maximum Gasteiger partial charge on any atom is 0.270 e. The van der Waals surface area contributed by atoms with Crippen molar-refractivity contribution in [2.24, 2.45) is 5.10 Å². The molecule has 4 rings (SSSR count). The lowest BCUT2D eigenvalue weighted by atomic mass is 10.1. The minimum absolute atomic E-state index is 0.0518. The van der Waals surface area contributed by atoms with E-state index in [9.17, 15) is 9.59 Å². The molecule has 2 aromatic rings. The number of carbonyl (C=O) groups is 2. The van der Waals surface area contributed by atoms with E-state index < -0.39 is 0 Å². The summed E-state index contributed by atoms with van der Waals surface area (Å²) >= 11 is 5.90. The number of anilines is 1. The SMILES string of the molecule is O=C(C1=NN(Cc2ccccc2)C(=O)CC1)N1CCN(c2ccc(Cl)cn2)CC1. The van der Waals surface area contributed by atoms with Crippen LogP contribution in [-0.4, -0.2) is 58.6 Å². The third-order valence-electron chi connectivity index (χ3n) is 5.13. The van der Waals surface area contributed by atoms with E-state index in [1.165, 1.54) is 5.01 Å². The second-order valence-corrected chi connectivity index (χ2v) is 7.53. The second-order valence-electron chi connectivity index (χ2n) is 7.10. The van der Waals surface area contributed by atoms with Crippen molar-refractivity contribution in [2.75, 3.05) is 31.1 Å². The average molecular weight is 412 g/mol. The first kappa shape index (κ1) is 19.4. The van der Waals surface area contributed by atoms with E-state index in [0.29, 0.717) is 56.3 Å². The number of nitrogens with zero attached hydrogens (tertiary/aromatic N) is 5. The first-order valence-electron chi connectivity index (χ1n) is 9.68. The Bertz CT molecular complexity index is 908. The van der Waals surface area contributed by atoms with Crippen molar-refractivity contribution in [3.05, 3.63) is 59.2 Å². The number of piperazine rings is 1. The monoisotopic (exact) mass is 411 g/mol. The van der Waals surface area contributed by atoms with Crippen molar-refractivity contribution in [2.45, 2.75) is 19.4 Å². The van der Waals surface area contributed by atoms with Crippen molar-refractivity contribution >= 4 is 34.9 Å². The Labute approximate surface area is 174 Å². The van der Waals surface area contributed by atoms with Gasteiger partial charge in [-0.05, 0) is 17.7 Å². The number of aromatic nitrogens is 1. The predicted octanol–water partition coefficient (Wildman–Crippen LogP) is 2.56. The molecule has 2 aliphatic heterocycles. The lowest BCUT2D eigenvalue weighted by Gasteiger charge is -2.36. The molecule has 0 bridgehead atoms. The van der Waals surface area contributed by atoms with Gasteiger partial charge in [0.1, 0.15) is 11.5 Å². The molecule has 3 heterocycles. The van der Waals surface area contributed by atoms with E-state index in [1.807, 2.05) is 47.4 Å². The topological polar surface area (TPSA) is 69.1 Å². The van der Waals surface area contributed by atoms with E-state index >= 15 is 0 Å². The standard InChI is InChI=1S/C21H22ClN5O2/c22-17-6-8-19(23-14-17)25-10-12-26(13-11-25)21(29)18-7-9-20(28)27(24-18)15-16-4-2-1-3-5-16/h1-6,8,14H,7,9-13,15H2. The Morgan fingerprint density at radius 2 is 1.76 bits per heavy atom. The fourth-order valence-corrected chi connectivity index (χ4v) is 3.62. The van der Waals surface area contributed by atoms with Crippen LogP contribution >= 0.6 is 11.6 Å². The maximum absolute atomic E-state index is 13.0. The number of rotatable bonds is 4. The second kappa shape index (κ2) is 8.61. The Morgan fingerprint density at radius 3 is 2.45 bits per heavy atom. The molecule has 1 aromatic heterocycles. The van der Waals surface area contributed by atoms with Crippen molar-refractivity contribution in [1.82, 2.24) is 14.9 Å². The summed E-state index contributed by atoms with van der Waals surface area (Å²) in [4.78, 5) is 33.5. The van der Waals surface area contributed by atoms with Gasteiger partial charge in [0.05, 0.1) is 11.6 Å². The molecule has 2 amide bonds. The van der Waals surface area contributed by atoms with Crippen LogP contribution in [0.3, 0.4) is 0 Å². The van der Waals surface area contributed by atoms with Crippen LogP contribution in [0, 0.1) is 0 Å². The molecule has 0 unspecified atom stereocenters. The molecule has 150 valence electrons. The van der Waals surface area contributed by atoms with Crippen molar-refractivity contribution < 1.29 is 9.59 Å². The van der Waals surface area contributed by atoms with E-state index in [1.54, 1.807) is 6.20 Å². The molecule has 1 saturated heterocycles. The molecule has 1 fully saturated rings. The Balaban J connectivity index is 1.39. The van der Waals surface area contributed by atoms with Gasteiger partial charge < -0.3 is 9.80 Å². The van der Waals surface area contributed by atoms with Gasteiger partial charge in [-0.2, -0.15) is 5.10 Å². The van der Waals surface area contributed by atoms with Crippen LogP contribution < -0.4 is 4.90 Å². The molecule has 1 aromatic carbocycles. The van der Waals surface area contributed by atoms with Crippen molar-refractivity contribution in [3.8, 4) is 0 Å². The van der Waals surface area contributed by atoms with Gasteiger partial charge in [0, 0.05) is 45.2 Å². The lowest BCUT2D eigenvalue weighted by molar-refractivity contribution is -0.132. The zero-order valence-electron chi connectivity index (χ0n) is 16.0. The molecule has 29 heavy (non-hydrogen) atoms. The summed E-state index contributed by atoms with van der Waals surface area (Å²) in [6.45, 7) is 2.96. The van der Waals surface area contributed by atoms with Crippen molar-refractivity contribution in [3.63, 3.8) is 0 Å². The van der Waals surface area contributed by atoms with E-state index in [-0.39, 0.29) is 11.8 Å². The summed E-state index contributed by atoms with van der Waals surface area (Å²) in [5.41, 5.74) is 1.45. The van der Waals surface area contributed by atoms with Crippen LogP contribution in [0.15, 0.2) is 53.8 Å². The lowest BCUT2D eigenvalue weighted by Crippen LogP contribution is -2.51. The number of pyridine rings is 1. The Morgan fingerprint density at radius 1 is 1.00 bits per heavy atom. The van der Waals surface area contributed by atoms with E-state index in [2.05, 4.69) is 15.0 Å². The van der Waals surface area contributed by atoms with Crippen LogP contribution in [0.25, 0.3) is 0 Å². The summed E-state index contributed by atoms with van der Waals surface area (Å²) < 4.78 is 0. The van der Waals surface area contributed by atoms with Crippen LogP contribution in [0.2, 0.25) is 5.02 Å². The first-order chi connectivity index (χ1) is 14.1. The Hall–Kier alpha value is -2.93. The number of hydrogen-bond acceptors (Lipinski definition) is 5. The smallest absolute Gasteiger partial charge is 0.270 e. The fourth-order valence-electron chi connectivity index (χ4n) is 3.51.